The topological polar surface area (TPSA) is 61.8 Å². The molecule has 4 atom stereocenters. The van der Waals surface area contributed by atoms with Gasteiger partial charge in [0.1, 0.15) is 0 Å². The lowest BCUT2D eigenvalue weighted by Gasteiger charge is -2.40. The number of nitrogens with one attached hydrogen (secondary N) is 1. The number of aliphatic hydroxyl groups excluding tert-OH is 1. The lowest BCUT2D eigenvalue weighted by atomic mass is 9.91. The van der Waals surface area contributed by atoms with Gasteiger partial charge in [-0.15, -0.1) is 11.3 Å². The molecule has 128 valence electrons. The standard InChI is InChI=1S/C17H26N2O3S/c1-12-9-13(4-5-18-12)17(21)19-6-7-22-11-14(19)10-15(20)16-3-2-8-23-16/h2-3,8,12-15,18,20H,4-7,9-11H2,1H3/t12-,13-,14?,15?/m0/s1. The van der Waals surface area contributed by atoms with Crippen LogP contribution >= 0.6 is 11.3 Å². The Morgan fingerprint density at radius 2 is 2.48 bits per heavy atom. The fraction of sp³-hybridized carbons (Fsp3) is 0.706. The molecule has 3 rings (SSSR count). The van der Waals surface area contributed by atoms with E-state index in [1.54, 1.807) is 11.3 Å². The highest BCUT2D eigenvalue weighted by Crippen LogP contribution is 2.28. The highest BCUT2D eigenvalue weighted by Gasteiger charge is 2.35. The van der Waals surface area contributed by atoms with Crippen molar-refractivity contribution in [1.29, 1.82) is 0 Å². The summed E-state index contributed by atoms with van der Waals surface area (Å²) in [5.74, 6) is 0.343. The zero-order valence-corrected chi connectivity index (χ0v) is 14.4. The fourth-order valence-corrected chi connectivity index (χ4v) is 4.31. The first kappa shape index (κ1) is 16.9. The minimum atomic E-state index is -0.524. The zero-order chi connectivity index (χ0) is 16.2. The summed E-state index contributed by atoms with van der Waals surface area (Å²) in [4.78, 5) is 15.9. The second-order valence-electron chi connectivity index (χ2n) is 6.60. The second kappa shape index (κ2) is 7.75. The fourth-order valence-electron chi connectivity index (χ4n) is 3.59. The number of rotatable bonds is 4. The number of hydrogen-bond acceptors (Lipinski definition) is 5. The third-order valence-electron chi connectivity index (χ3n) is 4.85. The first-order valence-electron chi connectivity index (χ1n) is 8.48. The molecule has 2 unspecified atom stereocenters. The van der Waals surface area contributed by atoms with E-state index in [9.17, 15) is 9.90 Å². The third kappa shape index (κ3) is 4.12. The Balaban J connectivity index is 1.64. The minimum Gasteiger partial charge on any atom is -0.387 e. The van der Waals surface area contributed by atoms with Gasteiger partial charge in [0.15, 0.2) is 0 Å². The van der Waals surface area contributed by atoms with Crippen LogP contribution < -0.4 is 5.32 Å². The molecule has 5 nitrogen and oxygen atoms in total. The van der Waals surface area contributed by atoms with Gasteiger partial charge in [0.2, 0.25) is 5.91 Å². The van der Waals surface area contributed by atoms with Crippen LogP contribution in [0.25, 0.3) is 0 Å². The zero-order valence-electron chi connectivity index (χ0n) is 13.6. The third-order valence-corrected chi connectivity index (χ3v) is 5.82. The molecule has 2 fully saturated rings. The number of thiophene rings is 1. The highest BCUT2D eigenvalue weighted by molar-refractivity contribution is 7.10. The highest BCUT2D eigenvalue weighted by atomic mass is 32.1. The first-order valence-corrected chi connectivity index (χ1v) is 9.36. The maximum atomic E-state index is 12.9. The first-order chi connectivity index (χ1) is 11.1. The summed E-state index contributed by atoms with van der Waals surface area (Å²) in [5.41, 5.74) is 0. The van der Waals surface area contributed by atoms with E-state index in [1.165, 1.54) is 0 Å². The minimum absolute atomic E-state index is 0.0291. The van der Waals surface area contributed by atoms with Gasteiger partial charge in [0, 0.05) is 29.8 Å². The van der Waals surface area contributed by atoms with Gasteiger partial charge in [-0.2, -0.15) is 0 Å². The van der Waals surface area contributed by atoms with E-state index >= 15 is 0 Å². The van der Waals surface area contributed by atoms with E-state index in [1.807, 2.05) is 22.4 Å². The largest absolute Gasteiger partial charge is 0.387 e. The molecule has 2 aliphatic heterocycles. The van der Waals surface area contributed by atoms with Crippen molar-refractivity contribution in [3.05, 3.63) is 22.4 Å². The summed E-state index contributed by atoms with van der Waals surface area (Å²) in [6.07, 6.45) is 1.83. The summed E-state index contributed by atoms with van der Waals surface area (Å²) in [7, 11) is 0. The molecular formula is C17H26N2O3S. The van der Waals surface area contributed by atoms with Crippen molar-refractivity contribution in [3.63, 3.8) is 0 Å². The number of aliphatic hydroxyl groups is 1. The van der Waals surface area contributed by atoms with Gasteiger partial charge in [-0.3, -0.25) is 4.79 Å². The summed E-state index contributed by atoms with van der Waals surface area (Å²) in [6.45, 7) is 4.80. The van der Waals surface area contributed by atoms with E-state index in [0.29, 0.717) is 32.2 Å². The van der Waals surface area contributed by atoms with Crippen molar-refractivity contribution in [1.82, 2.24) is 10.2 Å². The van der Waals surface area contributed by atoms with Crippen molar-refractivity contribution in [2.45, 2.75) is 44.4 Å². The van der Waals surface area contributed by atoms with E-state index < -0.39 is 6.10 Å². The number of hydrogen-bond donors (Lipinski definition) is 2. The lowest BCUT2D eigenvalue weighted by Crippen LogP contribution is -2.53. The SMILES string of the molecule is C[C@H]1C[C@@H](C(=O)N2CCOCC2CC(O)c2cccs2)CCN1. The Morgan fingerprint density at radius 3 is 3.22 bits per heavy atom. The van der Waals surface area contributed by atoms with Crippen molar-refractivity contribution < 1.29 is 14.6 Å². The molecule has 0 bridgehead atoms. The second-order valence-corrected chi connectivity index (χ2v) is 7.58. The summed E-state index contributed by atoms with van der Waals surface area (Å²) < 4.78 is 5.58. The number of nitrogens with zero attached hydrogens (tertiary/aromatic N) is 1. The Morgan fingerprint density at radius 1 is 1.61 bits per heavy atom. The van der Waals surface area contributed by atoms with Gasteiger partial charge in [-0.1, -0.05) is 6.07 Å². The van der Waals surface area contributed by atoms with Gasteiger partial charge >= 0.3 is 0 Å². The summed E-state index contributed by atoms with van der Waals surface area (Å²) in [5, 5.41) is 15.8. The van der Waals surface area contributed by atoms with Crippen molar-refractivity contribution in [3.8, 4) is 0 Å². The Kier molecular flexibility index (Phi) is 5.69. The molecule has 3 heterocycles. The summed E-state index contributed by atoms with van der Waals surface area (Å²) in [6, 6.07) is 4.26. The Bertz CT molecular complexity index is 508. The predicted molar refractivity (Wildman–Crippen MR) is 90.4 cm³/mol. The molecular weight excluding hydrogens is 312 g/mol. The van der Waals surface area contributed by atoms with E-state index in [4.69, 9.17) is 4.74 Å². The van der Waals surface area contributed by atoms with Crippen LogP contribution in [0.2, 0.25) is 0 Å². The molecule has 0 aromatic carbocycles. The molecule has 2 aliphatic rings. The molecule has 0 saturated carbocycles. The van der Waals surface area contributed by atoms with Crippen molar-refractivity contribution in [2.24, 2.45) is 5.92 Å². The summed E-state index contributed by atoms with van der Waals surface area (Å²) >= 11 is 1.56. The number of carbonyl (C=O) groups excluding carboxylic acids is 1. The number of amides is 1. The van der Waals surface area contributed by atoms with Crippen LogP contribution in [0.15, 0.2) is 17.5 Å². The maximum absolute atomic E-state index is 12.9. The van der Waals surface area contributed by atoms with Crippen LogP contribution in [0.1, 0.15) is 37.2 Å². The molecule has 1 amide bonds. The monoisotopic (exact) mass is 338 g/mol. The average Bonchev–Trinajstić information content (AvgIpc) is 3.09. The van der Waals surface area contributed by atoms with Gasteiger partial charge in [0.05, 0.1) is 25.4 Å². The lowest BCUT2D eigenvalue weighted by molar-refractivity contribution is -0.146. The smallest absolute Gasteiger partial charge is 0.226 e. The number of ether oxygens (including phenoxy) is 1. The molecule has 1 aromatic heterocycles. The molecule has 0 aliphatic carbocycles. The molecule has 2 saturated heterocycles. The molecule has 6 heteroatoms. The van der Waals surface area contributed by atoms with Crippen LogP contribution in [0.5, 0.6) is 0 Å². The Labute approximate surface area is 141 Å². The Hall–Kier alpha value is -0.950. The van der Waals surface area contributed by atoms with Crippen molar-refractivity contribution >= 4 is 17.2 Å². The number of piperidine rings is 1. The van der Waals surface area contributed by atoms with Gasteiger partial charge in [0.25, 0.3) is 0 Å². The molecule has 0 spiro atoms. The maximum Gasteiger partial charge on any atom is 0.226 e. The number of morpholine rings is 1. The molecule has 2 N–H and O–H groups in total. The van der Waals surface area contributed by atoms with Crippen LogP contribution in [0.4, 0.5) is 0 Å². The van der Waals surface area contributed by atoms with Crippen LogP contribution in [0, 0.1) is 5.92 Å². The molecule has 23 heavy (non-hydrogen) atoms. The van der Waals surface area contributed by atoms with Crippen molar-refractivity contribution in [2.75, 3.05) is 26.3 Å². The van der Waals surface area contributed by atoms with E-state index in [-0.39, 0.29) is 17.9 Å². The van der Waals surface area contributed by atoms with Gasteiger partial charge in [-0.05, 0) is 37.8 Å². The predicted octanol–water partition coefficient (Wildman–Crippen LogP) is 1.79. The average molecular weight is 338 g/mol. The van der Waals surface area contributed by atoms with Gasteiger partial charge in [-0.25, -0.2) is 0 Å². The van der Waals surface area contributed by atoms with Crippen LogP contribution in [0.3, 0.4) is 0 Å². The van der Waals surface area contributed by atoms with E-state index in [0.717, 1.165) is 24.3 Å². The molecule has 1 aromatic rings. The number of carbonyl (C=O) groups is 1. The van der Waals surface area contributed by atoms with Crippen LogP contribution in [-0.4, -0.2) is 54.3 Å². The van der Waals surface area contributed by atoms with Crippen LogP contribution in [-0.2, 0) is 9.53 Å². The van der Waals surface area contributed by atoms with E-state index in [2.05, 4.69) is 12.2 Å². The van der Waals surface area contributed by atoms with Gasteiger partial charge < -0.3 is 20.1 Å². The molecule has 0 radical (unpaired) electrons. The quantitative estimate of drug-likeness (QED) is 0.879. The normalized spacial score (nSPS) is 30.2.